The van der Waals surface area contributed by atoms with E-state index in [0.29, 0.717) is 18.7 Å². The minimum atomic E-state index is -0.377. The number of nitrogens with zero attached hydrogens (tertiary/aromatic N) is 1. The molecule has 0 aromatic heterocycles. The molecule has 92 valence electrons. The lowest BCUT2D eigenvalue weighted by molar-refractivity contribution is -0.138. The second-order valence-electron chi connectivity index (χ2n) is 3.70. The van der Waals surface area contributed by atoms with E-state index < -0.39 is 0 Å². The molecule has 0 radical (unpaired) electrons. The molecule has 0 fully saturated rings. The predicted octanol–water partition coefficient (Wildman–Crippen LogP) is 1.95. The summed E-state index contributed by atoms with van der Waals surface area (Å²) in [5, 5.41) is 9.17. The van der Waals surface area contributed by atoms with Crippen LogP contribution < -0.4 is 4.90 Å². The minimum absolute atomic E-state index is 0.214. The van der Waals surface area contributed by atoms with Crippen molar-refractivity contribution in [2.75, 3.05) is 25.1 Å². The zero-order valence-electron chi connectivity index (χ0n) is 10.1. The van der Waals surface area contributed by atoms with Crippen LogP contribution in [-0.2, 0) is 9.53 Å². The van der Waals surface area contributed by atoms with E-state index in [1.165, 1.54) is 0 Å². The summed E-state index contributed by atoms with van der Waals surface area (Å²) in [4.78, 5) is 13.2. The molecule has 0 aliphatic rings. The maximum Gasteiger partial charge on any atom is 0.335 e. The summed E-state index contributed by atoms with van der Waals surface area (Å²) in [6.45, 7) is 6.19. The first-order chi connectivity index (χ1) is 8.04. The quantitative estimate of drug-likeness (QED) is 0.626. The molecule has 0 amide bonds. The summed E-state index contributed by atoms with van der Waals surface area (Å²) in [6, 6.07) is 6.74. The number of carbonyl (C=O) groups is 1. The Labute approximate surface area is 101 Å². The Balaban J connectivity index is 2.60. The number of phenols is 1. The predicted molar refractivity (Wildman–Crippen MR) is 67.1 cm³/mol. The van der Waals surface area contributed by atoms with Crippen LogP contribution >= 0.6 is 0 Å². The van der Waals surface area contributed by atoms with Gasteiger partial charge in [0.2, 0.25) is 0 Å². The van der Waals surface area contributed by atoms with E-state index in [0.717, 1.165) is 5.69 Å². The van der Waals surface area contributed by atoms with Gasteiger partial charge in [0.1, 0.15) is 5.75 Å². The van der Waals surface area contributed by atoms with Crippen molar-refractivity contribution in [1.29, 1.82) is 0 Å². The number of hydrogen-bond donors (Lipinski definition) is 1. The summed E-state index contributed by atoms with van der Waals surface area (Å²) >= 11 is 0. The number of esters is 1. The minimum Gasteiger partial charge on any atom is -0.508 e. The molecule has 0 atom stereocenters. The van der Waals surface area contributed by atoms with Crippen molar-refractivity contribution < 1.29 is 14.6 Å². The first-order valence-corrected chi connectivity index (χ1v) is 5.39. The van der Waals surface area contributed by atoms with Gasteiger partial charge >= 0.3 is 5.97 Å². The van der Waals surface area contributed by atoms with Crippen LogP contribution in [0.5, 0.6) is 5.75 Å². The van der Waals surface area contributed by atoms with Gasteiger partial charge in [-0.2, -0.15) is 0 Å². The maximum atomic E-state index is 11.4. The number of anilines is 1. The highest BCUT2D eigenvalue weighted by Gasteiger charge is 2.10. The molecule has 0 unspecified atom stereocenters. The third-order valence-electron chi connectivity index (χ3n) is 2.28. The molecule has 0 aliphatic carbocycles. The molecule has 0 spiro atoms. The van der Waals surface area contributed by atoms with Gasteiger partial charge in [-0.3, -0.25) is 0 Å². The first-order valence-electron chi connectivity index (χ1n) is 5.39. The van der Waals surface area contributed by atoms with Gasteiger partial charge in [0.15, 0.2) is 0 Å². The molecular weight excluding hydrogens is 218 g/mol. The summed E-state index contributed by atoms with van der Waals surface area (Å²) in [6.07, 6.45) is 0. The van der Waals surface area contributed by atoms with Crippen LogP contribution in [0.1, 0.15) is 6.92 Å². The number of ether oxygens (including phenoxy) is 1. The fraction of sp³-hybridized carbons (Fsp3) is 0.308. The van der Waals surface area contributed by atoms with Crippen LogP contribution in [0.4, 0.5) is 5.69 Å². The van der Waals surface area contributed by atoms with Crippen molar-refractivity contribution in [3.8, 4) is 5.75 Å². The Bertz CT molecular complexity index is 398. The average molecular weight is 235 g/mol. The lowest BCUT2D eigenvalue weighted by Crippen LogP contribution is -2.24. The fourth-order valence-electron chi connectivity index (χ4n) is 1.38. The third-order valence-corrected chi connectivity index (χ3v) is 2.28. The van der Waals surface area contributed by atoms with Crippen LogP contribution in [0.3, 0.4) is 0 Å². The normalized spacial score (nSPS) is 9.76. The van der Waals surface area contributed by atoms with E-state index in [-0.39, 0.29) is 11.7 Å². The number of rotatable bonds is 5. The van der Waals surface area contributed by atoms with E-state index >= 15 is 0 Å². The summed E-state index contributed by atoms with van der Waals surface area (Å²) in [5.41, 5.74) is 1.30. The second-order valence-corrected chi connectivity index (χ2v) is 3.70. The van der Waals surface area contributed by atoms with Gasteiger partial charge in [0.05, 0.1) is 6.61 Å². The maximum absolute atomic E-state index is 11.4. The van der Waals surface area contributed by atoms with Gasteiger partial charge in [-0.05, 0) is 31.2 Å². The zero-order chi connectivity index (χ0) is 12.8. The first kappa shape index (κ1) is 13.1. The van der Waals surface area contributed by atoms with Crippen LogP contribution in [0.15, 0.2) is 36.4 Å². The highest BCUT2D eigenvalue weighted by atomic mass is 16.5. The molecule has 1 aromatic carbocycles. The molecule has 0 saturated heterocycles. The highest BCUT2D eigenvalue weighted by molar-refractivity contribution is 5.88. The Kier molecular flexibility index (Phi) is 4.57. The third kappa shape index (κ3) is 3.83. The zero-order valence-corrected chi connectivity index (χ0v) is 10.1. The average Bonchev–Trinajstić information content (AvgIpc) is 2.30. The van der Waals surface area contributed by atoms with Crippen molar-refractivity contribution in [3.05, 3.63) is 36.4 Å². The number of carbonyl (C=O) groups excluding carboxylic acids is 1. The lowest BCUT2D eigenvalue weighted by atomic mass is 10.2. The molecule has 1 N–H and O–H groups in total. The monoisotopic (exact) mass is 235 g/mol. The Morgan fingerprint density at radius 2 is 2.00 bits per heavy atom. The molecular formula is C13H17NO3. The van der Waals surface area contributed by atoms with Crippen molar-refractivity contribution in [3.63, 3.8) is 0 Å². The van der Waals surface area contributed by atoms with E-state index in [1.807, 2.05) is 11.9 Å². The molecule has 1 rings (SSSR count). The SMILES string of the molecule is C=C(CN(C)c1ccc(O)cc1)C(=O)OCC. The summed E-state index contributed by atoms with van der Waals surface area (Å²) in [5.74, 6) is -0.163. The van der Waals surface area contributed by atoms with Crippen molar-refractivity contribution in [2.24, 2.45) is 0 Å². The van der Waals surface area contributed by atoms with E-state index in [2.05, 4.69) is 6.58 Å². The Morgan fingerprint density at radius 3 is 2.53 bits per heavy atom. The standard InChI is InChI=1S/C13H17NO3/c1-4-17-13(16)10(2)9-14(3)11-5-7-12(15)8-6-11/h5-8,15H,2,4,9H2,1,3H3. The Hall–Kier alpha value is -1.97. The van der Waals surface area contributed by atoms with Crippen molar-refractivity contribution >= 4 is 11.7 Å². The number of phenolic OH excluding ortho intramolecular Hbond substituents is 1. The largest absolute Gasteiger partial charge is 0.508 e. The van der Waals surface area contributed by atoms with Crippen molar-refractivity contribution in [1.82, 2.24) is 0 Å². The topological polar surface area (TPSA) is 49.8 Å². The molecule has 0 heterocycles. The number of hydrogen-bond acceptors (Lipinski definition) is 4. The van der Waals surface area contributed by atoms with Gasteiger partial charge in [0, 0.05) is 24.9 Å². The van der Waals surface area contributed by atoms with Gasteiger partial charge in [-0.15, -0.1) is 0 Å². The summed E-state index contributed by atoms with van der Waals surface area (Å²) in [7, 11) is 1.84. The molecule has 0 bridgehead atoms. The van der Waals surface area contributed by atoms with Crippen LogP contribution in [-0.4, -0.2) is 31.3 Å². The number of benzene rings is 1. The van der Waals surface area contributed by atoms with E-state index in [9.17, 15) is 4.79 Å². The number of aromatic hydroxyl groups is 1. The molecule has 4 nitrogen and oxygen atoms in total. The number of likely N-dealkylation sites (N-methyl/N-ethyl adjacent to an activating group) is 1. The second kappa shape index (κ2) is 5.94. The van der Waals surface area contributed by atoms with E-state index in [1.54, 1.807) is 31.2 Å². The smallest absolute Gasteiger partial charge is 0.335 e. The van der Waals surface area contributed by atoms with Crippen LogP contribution in [0.2, 0.25) is 0 Å². The molecule has 0 aliphatic heterocycles. The fourth-order valence-corrected chi connectivity index (χ4v) is 1.38. The van der Waals surface area contributed by atoms with Crippen LogP contribution in [0, 0.1) is 0 Å². The molecule has 17 heavy (non-hydrogen) atoms. The molecule has 4 heteroatoms. The molecule has 1 aromatic rings. The lowest BCUT2D eigenvalue weighted by Gasteiger charge is -2.19. The van der Waals surface area contributed by atoms with E-state index in [4.69, 9.17) is 9.84 Å². The summed E-state index contributed by atoms with van der Waals surface area (Å²) < 4.78 is 4.85. The van der Waals surface area contributed by atoms with Gasteiger partial charge in [-0.25, -0.2) is 4.79 Å². The highest BCUT2D eigenvalue weighted by Crippen LogP contribution is 2.17. The molecule has 0 saturated carbocycles. The van der Waals surface area contributed by atoms with Crippen molar-refractivity contribution in [2.45, 2.75) is 6.92 Å². The van der Waals surface area contributed by atoms with Gasteiger partial charge < -0.3 is 14.7 Å². The van der Waals surface area contributed by atoms with Gasteiger partial charge in [0.25, 0.3) is 0 Å². The van der Waals surface area contributed by atoms with Gasteiger partial charge in [-0.1, -0.05) is 6.58 Å². The van der Waals surface area contributed by atoms with Crippen LogP contribution in [0.25, 0.3) is 0 Å². The Morgan fingerprint density at radius 1 is 1.41 bits per heavy atom.